The number of carbonyl (C=O) groups excluding carboxylic acids is 1. The van der Waals surface area contributed by atoms with Gasteiger partial charge in [-0.05, 0) is 33.5 Å². The number of rotatable bonds is 8. The van der Waals surface area contributed by atoms with E-state index in [1.54, 1.807) is 7.05 Å². The number of hydrogen-bond donors (Lipinski definition) is 2. The largest absolute Gasteiger partial charge is 0.372 e. The summed E-state index contributed by atoms with van der Waals surface area (Å²) in [5.74, 6) is -0.0354. The van der Waals surface area contributed by atoms with Crippen LogP contribution in [0.5, 0.6) is 0 Å². The molecule has 0 atom stereocenters. The molecule has 0 radical (unpaired) electrons. The highest BCUT2D eigenvalue weighted by Gasteiger charge is 2.17. The fourth-order valence-corrected chi connectivity index (χ4v) is 1.78. The third kappa shape index (κ3) is 5.35. The number of unbranched alkanes of at least 4 members (excludes halogenated alkanes) is 1. The minimum atomic E-state index is -0.569. The summed E-state index contributed by atoms with van der Waals surface area (Å²) in [5.41, 5.74) is -0.0222. The summed E-state index contributed by atoms with van der Waals surface area (Å²) >= 11 is 0. The highest BCUT2D eigenvalue weighted by Crippen LogP contribution is 2.18. The molecule has 8 heteroatoms. The second-order valence-electron chi connectivity index (χ2n) is 4.86. The molecule has 116 valence electrons. The zero-order valence-corrected chi connectivity index (χ0v) is 12.5. The predicted molar refractivity (Wildman–Crippen MR) is 80.6 cm³/mol. The van der Waals surface area contributed by atoms with Gasteiger partial charge in [0.2, 0.25) is 0 Å². The van der Waals surface area contributed by atoms with Crippen molar-refractivity contribution in [1.82, 2.24) is 15.2 Å². The van der Waals surface area contributed by atoms with Crippen LogP contribution in [0.15, 0.2) is 12.3 Å². The maximum Gasteiger partial charge on any atom is 0.288 e. The van der Waals surface area contributed by atoms with Gasteiger partial charge in [0.15, 0.2) is 0 Å². The lowest BCUT2D eigenvalue weighted by Gasteiger charge is -2.10. The first-order valence-electron chi connectivity index (χ1n) is 6.70. The van der Waals surface area contributed by atoms with Crippen LogP contribution in [-0.2, 0) is 0 Å². The van der Waals surface area contributed by atoms with E-state index in [4.69, 9.17) is 0 Å². The molecular formula is C13H21N5O3. The number of nitro groups is 1. The Labute approximate surface area is 123 Å². The lowest BCUT2D eigenvalue weighted by Crippen LogP contribution is -2.26. The Morgan fingerprint density at radius 1 is 1.43 bits per heavy atom. The van der Waals surface area contributed by atoms with E-state index in [0.717, 1.165) is 25.6 Å². The van der Waals surface area contributed by atoms with Crippen LogP contribution in [0.1, 0.15) is 23.2 Å². The van der Waals surface area contributed by atoms with Crippen molar-refractivity contribution in [2.75, 3.05) is 39.5 Å². The molecule has 1 rings (SSSR count). The molecule has 1 aromatic heterocycles. The first kappa shape index (κ1) is 16.8. The van der Waals surface area contributed by atoms with Crippen LogP contribution < -0.4 is 10.6 Å². The van der Waals surface area contributed by atoms with Gasteiger partial charge in [0.25, 0.3) is 11.6 Å². The van der Waals surface area contributed by atoms with E-state index < -0.39 is 4.92 Å². The first-order chi connectivity index (χ1) is 9.95. The molecule has 8 nitrogen and oxygen atoms in total. The van der Waals surface area contributed by atoms with E-state index in [1.807, 2.05) is 14.1 Å². The fourth-order valence-electron chi connectivity index (χ4n) is 1.78. The van der Waals surface area contributed by atoms with Gasteiger partial charge < -0.3 is 15.5 Å². The number of hydrogen-bond acceptors (Lipinski definition) is 6. The number of nitrogens with one attached hydrogen (secondary N) is 2. The van der Waals surface area contributed by atoms with Gasteiger partial charge in [0.05, 0.1) is 10.5 Å². The zero-order valence-electron chi connectivity index (χ0n) is 12.5. The third-order valence-corrected chi connectivity index (χ3v) is 2.88. The van der Waals surface area contributed by atoms with Crippen LogP contribution in [0, 0.1) is 10.1 Å². The summed E-state index contributed by atoms with van der Waals surface area (Å²) in [7, 11) is 5.60. The van der Waals surface area contributed by atoms with Crippen molar-refractivity contribution in [3.05, 3.63) is 27.9 Å². The first-order valence-corrected chi connectivity index (χ1v) is 6.70. The second kappa shape index (κ2) is 8.15. The zero-order chi connectivity index (χ0) is 15.8. The van der Waals surface area contributed by atoms with Gasteiger partial charge >= 0.3 is 0 Å². The number of carbonyl (C=O) groups is 1. The Balaban J connectivity index is 2.63. The van der Waals surface area contributed by atoms with E-state index in [-0.39, 0.29) is 17.2 Å². The lowest BCUT2D eigenvalue weighted by atomic mass is 10.2. The number of nitrogens with zero attached hydrogens (tertiary/aromatic N) is 3. The van der Waals surface area contributed by atoms with Gasteiger partial charge in [-0.3, -0.25) is 14.9 Å². The van der Waals surface area contributed by atoms with Gasteiger partial charge in [0.1, 0.15) is 12.0 Å². The van der Waals surface area contributed by atoms with E-state index >= 15 is 0 Å². The molecule has 0 unspecified atom stereocenters. The topological polar surface area (TPSA) is 100 Å². The monoisotopic (exact) mass is 295 g/mol. The molecule has 2 N–H and O–H groups in total. The molecule has 0 aliphatic carbocycles. The Kier molecular flexibility index (Phi) is 6.54. The van der Waals surface area contributed by atoms with Crippen LogP contribution in [0.3, 0.4) is 0 Å². The van der Waals surface area contributed by atoms with Gasteiger partial charge in [-0.2, -0.15) is 0 Å². The molecular weight excluding hydrogens is 274 g/mol. The van der Waals surface area contributed by atoms with Crippen molar-refractivity contribution in [3.63, 3.8) is 0 Å². The Bertz CT molecular complexity index is 505. The molecule has 1 aromatic rings. The van der Waals surface area contributed by atoms with Crippen molar-refractivity contribution in [2.45, 2.75) is 12.8 Å². The Hall–Kier alpha value is -2.22. The molecule has 0 aliphatic rings. The number of pyridine rings is 1. The maximum absolute atomic E-state index is 12.1. The Morgan fingerprint density at radius 3 is 2.71 bits per heavy atom. The van der Waals surface area contributed by atoms with Gasteiger partial charge in [-0.25, -0.2) is 4.98 Å². The summed E-state index contributed by atoms with van der Waals surface area (Å²) in [6.45, 7) is 1.48. The quantitative estimate of drug-likeness (QED) is 0.423. The molecule has 0 saturated heterocycles. The number of amides is 1. The standard InChI is InChI=1S/C13H21N5O3/c1-14-12-11(8-10(9-16-12)18(20)21)13(19)15-6-4-5-7-17(2)3/h8-9H,4-7H2,1-3H3,(H,14,16)(H,15,19). The van der Waals surface area contributed by atoms with Crippen molar-refractivity contribution >= 4 is 17.4 Å². The minimum Gasteiger partial charge on any atom is -0.372 e. The molecule has 0 bridgehead atoms. The van der Waals surface area contributed by atoms with E-state index in [0.29, 0.717) is 12.4 Å². The minimum absolute atomic E-state index is 0.180. The van der Waals surface area contributed by atoms with Crippen LogP contribution in [0.25, 0.3) is 0 Å². The maximum atomic E-state index is 12.1. The Morgan fingerprint density at radius 2 is 2.14 bits per heavy atom. The van der Waals surface area contributed by atoms with Crippen LogP contribution in [-0.4, -0.2) is 54.9 Å². The summed E-state index contributed by atoms with van der Waals surface area (Å²) in [5, 5.41) is 16.3. The van der Waals surface area contributed by atoms with Crippen LogP contribution in [0.4, 0.5) is 11.5 Å². The summed E-state index contributed by atoms with van der Waals surface area (Å²) in [4.78, 5) is 28.2. The molecule has 1 heterocycles. The van der Waals surface area contributed by atoms with E-state index in [1.165, 1.54) is 6.07 Å². The summed E-state index contributed by atoms with van der Waals surface area (Å²) in [6, 6.07) is 1.23. The molecule has 0 spiro atoms. The molecule has 0 saturated carbocycles. The highest BCUT2D eigenvalue weighted by atomic mass is 16.6. The molecule has 0 aliphatic heterocycles. The van der Waals surface area contributed by atoms with Gasteiger partial charge in [-0.1, -0.05) is 0 Å². The lowest BCUT2D eigenvalue weighted by molar-refractivity contribution is -0.385. The smallest absolute Gasteiger partial charge is 0.288 e. The average molecular weight is 295 g/mol. The molecule has 1 amide bonds. The predicted octanol–water partition coefficient (Wildman–Crippen LogP) is 1.10. The van der Waals surface area contributed by atoms with Gasteiger partial charge in [-0.15, -0.1) is 0 Å². The van der Waals surface area contributed by atoms with Crippen LogP contribution >= 0.6 is 0 Å². The SMILES string of the molecule is CNc1ncc([N+](=O)[O-])cc1C(=O)NCCCCN(C)C. The number of aromatic nitrogens is 1. The van der Waals surface area contributed by atoms with Crippen LogP contribution in [0.2, 0.25) is 0 Å². The normalized spacial score (nSPS) is 10.5. The van der Waals surface area contributed by atoms with Crippen molar-refractivity contribution in [2.24, 2.45) is 0 Å². The summed E-state index contributed by atoms with van der Waals surface area (Å²) < 4.78 is 0. The number of anilines is 1. The summed E-state index contributed by atoms with van der Waals surface area (Å²) in [6.07, 6.45) is 2.94. The van der Waals surface area contributed by atoms with E-state index in [2.05, 4.69) is 20.5 Å². The molecule has 21 heavy (non-hydrogen) atoms. The highest BCUT2D eigenvalue weighted by molar-refractivity contribution is 5.99. The third-order valence-electron chi connectivity index (χ3n) is 2.88. The molecule has 0 aromatic carbocycles. The molecule has 0 fully saturated rings. The van der Waals surface area contributed by atoms with Crippen molar-refractivity contribution in [3.8, 4) is 0 Å². The fraction of sp³-hybridized carbons (Fsp3) is 0.538. The van der Waals surface area contributed by atoms with E-state index in [9.17, 15) is 14.9 Å². The van der Waals surface area contributed by atoms with Crippen molar-refractivity contribution < 1.29 is 9.72 Å². The van der Waals surface area contributed by atoms with Crippen molar-refractivity contribution in [1.29, 1.82) is 0 Å². The average Bonchev–Trinajstić information content (AvgIpc) is 2.45. The van der Waals surface area contributed by atoms with Gasteiger partial charge in [0, 0.05) is 19.7 Å². The second-order valence-corrected chi connectivity index (χ2v) is 4.86.